The van der Waals surface area contributed by atoms with E-state index in [1.165, 1.54) is 0 Å². The van der Waals surface area contributed by atoms with Gasteiger partial charge < -0.3 is 4.74 Å². The van der Waals surface area contributed by atoms with Crippen molar-refractivity contribution < 1.29 is 13.9 Å². The monoisotopic (exact) mass is 118 g/mol. The standard InChI is InChI=1S/C5H7FO2/c1-3-8-5(7)4(2)6/h2-3H2,1H3. The van der Waals surface area contributed by atoms with Gasteiger partial charge in [0.05, 0.1) is 6.61 Å². The topological polar surface area (TPSA) is 26.3 Å². The molecule has 0 fully saturated rings. The maximum Gasteiger partial charge on any atom is 0.366 e. The lowest BCUT2D eigenvalue weighted by molar-refractivity contribution is -0.140. The summed E-state index contributed by atoms with van der Waals surface area (Å²) in [6, 6.07) is 0. The van der Waals surface area contributed by atoms with Crippen LogP contribution in [0.5, 0.6) is 0 Å². The van der Waals surface area contributed by atoms with E-state index >= 15 is 0 Å². The molecule has 3 heteroatoms. The third-order valence-electron chi connectivity index (χ3n) is 0.497. The summed E-state index contributed by atoms with van der Waals surface area (Å²) in [4.78, 5) is 10.0. The van der Waals surface area contributed by atoms with E-state index < -0.39 is 11.8 Å². The molecule has 0 aliphatic heterocycles. The van der Waals surface area contributed by atoms with Gasteiger partial charge in [-0.3, -0.25) is 0 Å². The van der Waals surface area contributed by atoms with E-state index in [2.05, 4.69) is 11.3 Å². The van der Waals surface area contributed by atoms with Crippen LogP contribution in [0.15, 0.2) is 12.4 Å². The fourth-order valence-corrected chi connectivity index (χ4v) is 0.209. The molecule has 0 aromatic heterocycles. The first-order valence-corrected chi connectivity index (χ1v) is 2.20. The molecule has 0 aliphatic carbocycles. The molecule has 0 N–H and O–H groups in total. The molecule has 0 amide bonds. The zero-order valence-electron chi connectivity index (χ0n) is 4.61. The molecule has 0 aromatic carbocycles. The van der Waals surface area contributed by atoms with Crippen molar-refractivity contribution in [2.75, 3.05) is 6.61 Å². The Morgan fingerprint density at radius 3 is 2.50 bits per heavy atom. The molecule has 0 saturated carbocycles. The van der Waals surface area contributed by atoms with Gasteiger partial charge in [0.25, 0.3) is 0 Å². The predicted molar refractivity (Wildman–Crippen MR) is 26.9 cm³/mol. The Balaban J connectivity index is 3.49. The highest BCUT2D eigenvalue weighted by Crippen LogP contribution is 1.93. The van der Waals surface area contributed by atoms with Crippen LogP contribution in [0, 0.1) is 0 Å². The van der Waals surface area contributed by atoms with Gasteiger partial charge in [-0.25, -0.2) is 4.79 Å². The lowest BCUT2D eigenvalue weighted by Gasteiger charge is -1.94. The van der Waals surface area contributed by atoms with E-state index in [1.807, 2.05) is 0 Å². The fourth-order valence-electron chi connectivity index (χ4n) is 0.209. The number of esters is 1. The molecule has 0 atom stereocenters. The summed E-state index contributed by atoms with van der Waals surface area (Å²) in [5.41, 5.74) is 0. The Morgan fingerprint density at radius 2 is 2.38 bits per heavy atom. The Bertz CT molecular complexity index is 109. The van der Waals surface area contributed by atoms with Gasteiger partial charge in [0.2, 0.25) is 5.83 Å². The summed E-state index contributed by atoms with van der Waals surface area (Å²) < 4.78 is 15.8. The molecule has 0 aromatic rings. The molecule has 0 spiro atoms. The highest BCUT2D eigenvalue weighted by atomic mass is 19.1. The summed E-state index contributed by atoms with van der Waals surface area (Å²) in [6.45, 7) is 4.51. The Kier molecular flexibility index (Phi) is 2.84. The Morgan fingerprint density at radius 1 is 1.88 bits per heavy atom. The first-order chi connectivity index (χ1) is 3.68. The molecule has 2 nitrogen and oxygen atoms in total. The zero-order valence-corrected chi connectivity index (χ0v) is 4.61. The number of hydrogen-bond donors (Lipinski definition) is 0. The summed E-state index contributed by atoms with van der Waals surface area (Å²) in [6.07, 6.45) is 0. The van der Waals surface area contributed by atoms with E-state index in [0.717, 1.165) is 0 Å². The van der Waals surface area contributed by atoms with Crippen molar-refractivity contribution in [3.8, 4) is 0 Å². The SMILES string of the molecule is C=C(F)C(=O)OCC. The third-order valence-corrected chi connectivity index (χ3v) is 0.497. The van der Waals surface area contributed by atoms with Gasteiger partial charge in [0, 0.05) is 0 Å². The Hall–Kier alpha value is -0.860. The number of ether oxygens (including phenoxy) is 1. The quantitative estimate of drug-likeness (QED) is 0.400. The van der Waals surface area contributed by atoms with Crippen molar-refractivity contribution in [1.82, 2.24) is 0 Å². The second-order valence-electron chi connectivity index (χ2n) is 1.13. The number of carbonyl (C=O) groups is 1. The maximum absolute atomic E-state index is 11.6. The highest BCUT2D eigenvalue weighted by Gasteiger charge is 2.03. The van der Waals surface area contributed by atoms with Crippen LogP contribution < -0.4 is 0 Å². The number of carbonyl (C=O) groups excluding carboxylic acids is 1. The van der Waals surface area contributed by atoms with Crippen LogP contribution in [-0.2, 0) is 9.53 Å². The lowest BCUT2D eigenvalue weighted by atomic mass is 10.6. The molecule has 0 unspecified atom stereocenters. The van der Waals surface area contributed by atoms with Crippen LogP contribution >= 0.6 is 0 Å². The summed E-state index contributed by atoms with van der Waals surface area (Å²) in [5, 5.41) is 0. The normalized spacial score (nSPS) is 8.25. The average Bonchev–Trinajstić information content (AvgIpc) is 1.67. The van der Waals surface area contributed by atoms with E-state index in [-0.39, 0.29) is 6.61 Å². The highest BCUT2D eigenvalue weighted by molar-refractivity contribution is 5.85. The van der Waals surface area contributed by atoms with Crippen molar-refractivity contribution in [3.63, 3.8) is 0 Å². The molecule has 8 heavy (non-hydrogen) atoms. The van der Waals surface area contributed by atoms with Crippen LogP contribution in [0.2, 0.25) is 0 Å². The molecular formula is C5H7FO2. The van der Waals surface area contributed by atoms with Gasteiger partial charge in [-0.05, 0) is 6.92 Å². The number of halogens is 1. The molecule has 0 saturated heterocycles. The minimum Gasteiger partial charge on any atom is -0.461 e. The average molecular weight is 118 g/mol. The summed E-state index contributed by atoms with van der Waals surface area (Å²) in [7, 11) is 0. The van der Waals surface area contributed by atoms with Gasteiger partial charge >= 0.3 is 5.97 Å². The van der Waals surface area contributed by atoms with Crippen molar-refractivity contribution in [2.24, 2.45) is 0 Å². The van der Waals surface area contributed by atoms with Crippen LogP contribution in [0.1, 0.15) is 6.92 Å². The van der Waals surface area contributed by atoms with Gasteiger partial charge in [-0.2, -0.15) is 4.39 Å². The minimum atomic E-state index is -1.05. The second kappa shape index (κ2) is 3.18. The van der Waals surface area contributed by atoms with Crippen molar-refractivity contribution in [1.29, 1.82) is 0 Å². The number of rotatable bonds is 2. The molecule has 0 aliphatic rings. The molecule has 0 rings (SSSR count). The first-order valence-electron chi connectivity index (χ1n) is 2.20. The van der Waals surface area contributed by atoms with Crippen LogP contribution in [0.4, 0.5) is 4.39 Å². The molecule has 0 radical (unpaired) electrons. The van der Waals surface area contributed by atoms with Gasteiger partial charge in [0.1, 0.15) is 0 Å². The maximum atomic E-state index is 11.6. The first kappa shape index (κ1) is 7.14. The lowest BCUT2D eigenvalue weighted by Crippen LogP contribution is -2.02. The summed E-state index contributed by atoms with van der Waals surface area (Å²) in [5.74, 6) is -2.03. The smallest absolute Gasteiger partial charge is 0.366 e. The van der Waals surface area contributed by atoms with Crippen molar-refractivity contribution >= 4 is 5.97 Å². The van der Waals surface area contributed by atoms with E-state index in [9.17, 15) is 9.18 Å². The van der Waals surface area contributed by atoms with Crippen LogP contribution in [-0.4, -0.2) is 12.6 Å². The van der Waals surface area contributed by atoms with Gasteiger partial charge in [-0.15, -0.1) is 0 Å². The van der Waals surface area contributed by atoms with Crippen LogP contribution in [0.25, 0.3) is 0 Å². The van der Waals surface area contributed by atoms with E-state index in [1.54, 1.807) is 6.92 Å². The zero-order chi connectivity index (χ0) is 6.57. The molecule has 0 heterocycles. The third kappa shape index (κ3) is 2.34. The molecule has 0 bridgehead atoms. The second-order valence-corrected chi connectivity index (χ2v) is 1.13. The van der Waals surface area contributed by atoms with E-state index in [4.69, 9.17) is 0 Å². The molecule has 46 valence electrons. The van der Waals surface area contributed by atoms with Gasteiger partial charge in [0.15, 0.2) is 0 Å². The Labute approximate surface area is 47.0 Å². The van der Waals surface area contributed by atoms with Crippen molar-refractivity contribution in [2.45, 2.75) is 6.92 Å². The fraction of sp³-hybridized carbons (Fsp3) is 0.400. The largest absolute Gasteiger partial charge is 0.461 e. The predicted octanol–water partition coefficient (Wildman–Crippen LogP) is 1.03. The van der Waals surface area contributed by atoms with Gasteiger partial charge in [-0.1, -0.05) is 6.58 Å². The number of hydrogen-bond acceptors (Lipinski definition) is 2. The minimum absolute atomic E-state index is 0.182. The summed E-state index contributed by atoms with van der Waals surface area (Å²) >= 11 is 0. The van der Waals surface area contributed by atoms with Crippen LogP contribution in [0.3, 0.4) is 0 Å². The van der Waals surface area contributed by atoms with Crippen molar-refractivity contribution in [3.05, 3.63) is 12.4 Å². The molecular weight excluding hydrogens is 111 g/mol. The van der Waals surface area contributed by atoms with E-state index in [0.29, 0.717) is 0 Å².